The van der Waals surface area contributed by atoms with Crippen molar-refractivity contribution >= 4 is 23.1 Å². The SMILES string of the molecule is COc1cc2c(cc1OC)C(=O)C(CC1(F)CCN(Cc3cc(C(F)(F)F)cc(C(F)(F)F)c3)CC1)C2.COc1cc2c(cc1OC)C(=O)C(CC1(F)CCN(Cc3cccc(F)c3)CC1)C2.COc1cc2c(cc1OC)C(=O)C(CC1(F)CCN(Cc3ccccc3C)CC1)C2.COc1cc2c(cc1OC)C(=O)C(CC1(F)CCN(Cc3ccccc3F)CC1)C2. The van der Waals surface area contributed by atoms with Crippen molar-refractivity contribution in [1.82, 2.24) is 19.6 Å². The highest BCUT2D eigenvalue weighted by Gasteiger charge is 2.48. The zero-order valence-electron chi connectivity index (χ0n) is 73.1. The number of ketones is 4. The van der Waals surface area contributed by atoms with Crippen LogP contribution >= 0.6 is 0 Å². The van der Waals surface area contributed by atoms with Crippen LogP contribution in [0.15, 0.2) is 140 Å². The van der Waals surface area contributed by atoms with Gasteiger partial charge in [0.2, 0.25) is 0 Å². The first kappa shape index (κ1) is 94.5. The van der Waals surface area contributed by atoms with Crippen LogP contribution in [0.3, 0.4) is 0 Å². The number of nitrogens with zero attached hydrogens (tertiary/aromatic N) is 4. The molecule has 16 nitrogen and oxygen atoms in total. The van der Waals surface area contributed by atoms with E-state index in [9.17, 15) is 54.3 Å². The van der Waals surface area contributed by atoms with Crippen molar-refractivity contribution in [3.8, 4) is 46.0 Å². The third-order valence-corrected chi connectivity index (χ3v) is 26.7. The summed E-state index contributed by atoms with van der Waals surface area (Å²) in [6.45, 7) is 7.94. The van der Waals surface area contributed by atoms with Gasteiger partial charge < -0.3 is 37.9 Å². The van der Waals surface area contributed by atoms with Gasteiger partial charge >= 0.3 is 12.4 Å². The number of carbonyl (C=O) groups is 4. The Kier molecular flexibility index (Phi) is 29.6. The minimum Gasteiger partial charge on any atom is -0.493 e. The van der Waals surface area contributed by atoms with E-state index in [-0.39, 0.29) is 116 Å². The van der Waals surface area contributed by atoms with Gasteiger partial charge in [0.15, 0.2) is 69.1 Å². The number of hydrogen-bond acceptors (Lipinski definition) is 16. The number of piperidine rings is 4. The molecule has 8 aromatic rings. The van der Waals surface area contributed by atoms with Crippen LogP contribution in [0, 0.1) is 42.2 Å². The molecule has 8 aromatic carbocycles. The molecule has 28 heteroatoms. The number of fused-ring (bicyclic) bond motifs is 4. The molecule has 4 aliphatic heterocycles. The zero-order valence-corrected chi connectivity index (χ0v) is 73.1. The number of rotatable bonds is 24. The first-order chi connectivity index (χ1) is 60.5. The smallest absolute Gasteiger partial charge is 0.416 e. The maximum atomic E-state index is 15.7. The Morgan fingerprint density at radius 3 is 0.890 bits per heavy atom. The van der Waals surface area contributed by atoms with Crippen molar-refractivity contribution in [2.45, 2.75) is 171 Å². The molecule has 0 bridgehead atoms. The van der Waals surface area contributed by atoms with E-state index >= 15 is 17.6 Å². The Hall–Kier alpha value is -10.2. The number of likely N-dealkylation sites (tertiary alicyclic amines) is 4. The molecule has 0 spiro atoms. The molecule has 0 amide bonds. The van der Waals surface area contributed by atoms with Crippen LogP contribution in [-0.2, 0) is 64.2 Å². The number of hydrogen-bond donors (Lipinski definition) is 0. The second-order valence-corrected chi connectivity index (χ2v) is 35.1. The summed E-state index contributed by atoms with van der Waals surface area (Å²) in [4.78, 5) is 59.9. The average Bonchev–Trinajstić information content (AvgIpc) is 1.65. The van der Waals surface area contributed by atoms with Crippen LogP contribution in [0.25, 0.3) is 0 Å². The fourth-order valence-corrected chi connectivity index (χ4v) is 19.4. The summed E-state index contributed by atoms with van der Waals surface area (Å²) >= 11 is 0. The molecule has 4 fully saturated rings. The van der Waals surface area contributed by atoms with Gasteiger partial charge in [-0.1, -0.05) is 54.6 Å². The summed E-state index contributed by atoms with van der Waals surface area (Å²) in [5, 5.41) is 0. The van der Waals surface area contributed by atoms with Gasteiger partial charge in [-0.05, 0) is 239 Å². The van der Waals surface area contributed by atoms with Gasteiger partial charge in [-0.15, -0.1) is 0 Å². The predicted octanol–water partition coefficient (Wildman–Crippen LogP) is 20.4. The maximum absolute atomic E-state index is 15.7. The normalized spacial score (nSPS) is 20.6. The summed E-state index contributed by atoms with van der Waals surface area (Å²) in [5.74, 6) is 2.01. The Morgan fingerprint density at radius 2 is 0.598 bits per heavy atom. The Balaban J connectivity index is 0.000000145. The molecule has 8 aliphatic rings. The van der Waals surface area contributed by atoms with Gasteiger partial charge in [0.05, 0.1) is 68.0 Å². The van der Waals surface area contributed by atoms with E-state index in [1.54, 1.807) is 81.9 Å². The lowest BCUT2D eigenvalue weighted by Crippen LogP contribution is -2.43. The number of aryl methyl sites for hydroxylation is 1. The third-order valence-electron chi connectivity index (χ3n) is 26.7. The van der Waals surface area contributed by atoms with E-state index in [0.29, 0.717) is 196 Å². The lowest BCUT2D eigenvalue weighted by Gasteiger charge is -2.37. The summed E-state index contributed by atoms with van der Waals surface area (Å²) in [5.41, 5.74) is 1.35. The highest BCUT2D eigenvalue weighted by Crippen LogP contribution is 2.49. The van der Waals surface area contributed by atoms with Crippen molar-refractivity contribution < 1.29 is 110 Å². The average molecular weight is 1780 g/mol. The van der Waals surface area contributed by atoms with E-state index in [4.69, 9.17) is 37.9 Å². The second-order valence-electron chi connectivity index (χ2n) is 35.1. The van der Waals surface area contributed by atoms with Crippen molar-refractivity contribution in [3.63, 3.8) is 0 Å². The van der Waals surface area contributed by atoms with E-state index in [1.807, 2.05) is 36.4 Å². The predicted molar refractivity (Wildman–Crippen MR) is 457 cm³/mol. The van der Waals surface area contributed by atoms with Gasteiger partial charge in [-0.2, -0.15) is 26.3 Å². The first-order valence-electron chi connectivity index (χ1n) is 43.1. The van der Waals surface area contributed by atoms with Gasteiger partial charge in [-0.25, -0.2) is 26.3 Å². The van der Waals surface area contributed by atoms with E-state index in [2.05, 4.69) is 39.8 Å². The zero-order chi connectivity index (χ0) is 91.1. The number of halogens is 12. The molecule has 0 radical (unpaired) electrons. The van der Waals surface area contributed by atoms with Gasteiger partial charge in [0, 0.05) is 130 Å². The fourth-order valence-electron chi connectivity index (χ4n) is 19.4. The molecule has 127 heavy (non-hydrogen) atoms. The highest BCUT2D eigenvalue weighted by molar-refractivity contribution is 6.05. The minimum absolute atomic E-state index is 0.00910. The number of alkyl halides is 10. The number of carbonyl (C=O) groups excluding carboxylic acids is 4. The van der Waals surface area contributed by atoms with Crippen LogP contribution in [0.4, 0.5) is 52.7 Å². The Labute approximate surface area is 733 Å². The largest absolute Gasteiger partial charge is 0.493 e. The minimum atomic E-state index is -4.93. The van der Waals surface area contributed by atoms with Crippen molar-refractivity contribution in [2.24, 2.45) is 23.7 Å². The number of Topliss-reactive ketones (excluding diaryl/α,β-unsaturated/α-hetero) is 4. The highest BCUT2D eigenvalue weighted by atomic mass is 19.4. The molecule has 4 saturated heterocycles. The standard InChI is InChI=1S/C26H26F7NO3.C25H30FNO3.2C24H27F2NO3/c1-36-21-10-16-9-17(23(35)20(16)12-22(21)37-2)13-24(27)3-5-34(6-4-24)14-15-7-18(25(28,29)30)11-19(8-15)26(31,32)33;1-17-6-4-5-7-18(17)16-27-10-8-25(26,9-11-27)15-20-12-19-13-22(29-2)23(30-3)14-21(19)24(20)28;1-29-21-12-17-11-18(23(28)20(17)13-22(21)30-2)14-24(26)6-8-27(9-7-24)15-16-4-3-5-19(25)10-16;1-29-21-12-17-11-18(23(28)19(17)13-22(21)30-2)14-24(26)7-9-27(10-8-24)15-16-5-3-4-6-20(16)25/h7-8,10-12,17H,3-6,9,13-14H2,1-2H3;4-7,13-14,20H,8-12,15-16H2,1-3H3;3-5,10,12-13,18H,6-9,11,14-15H2,1-2H3;3-6,12-13,18H,7-11,14-15H2,1-2H3. The topological polar surface area (TPSA) is 155 Å². The molecule has 4 aliphatic carbocycles. The molecule has 0 saturated carbocycles. The molecule has 0 aromatic heterocycles. The van der Waals surface area contributed by atoms with Crippen LogP contribution in [0.2, 0.25) is 0 Å². The second kappa shape index (κ2) is 39.8. The summed E-state index contributed by atoms with van der Waals surface area (Å²) < 4.78 is 211. The Bertz CT molecular complexity index is 5080. The molecule has 4 atom stereocenters. The number of ether oxygens (including phenoxy) is 8. The molecule has 16 rings (SSSR count). The van der Waals surface area contributed by atoms with Crippen LogP contribution in [0.1, 0.15) is 180 Å². The van der Waals surface area contributed by atoms with E-state index in [1.165, 1.54) is 57.8 Å². The number of benzene rings is 8. The van der Waals surface area contributed by atoms with Crippen LogP contribution in [0.5, 0.6) is 46.0 Å². The third kappa shape index (κ3) is 22.6. The van der Waals surface area contributed by atoms with Gasteiger partial charge in [0.25, 0.3) is 0 Å². The molecule has 0 N–H and O–H groups in total. The van der Waals surface area contributed by atoms with E-state index < -0.39 is 52.1 Å². The lowest BCUT2D eigenvalue weighted by molar-refractivity contribution is -0.143. The quantitative estimate of drug-likeness (QED) is 0.0526. The van der Waals surface area contributed by atoms with Gasteiger partial charge in [-0.3, -0.25) is 38.8 Å². The molecular weight excluding hydrogens is 1670 g/mol. The molecule has 4 heterocycles. The maximum Gasteiger partial charge on any atom is 0.416 e. The monoisotopic (exact) mass is 1770 g/mol. The molecule has 4 unspecified atom stereocenters. The first-order valence-corrected chi connectivity index (χ1v) is 43.1. The van der Waals surface area contributed by atoms with Crippen LogP contribution in [-0.4, -0.2) is 175 Å². The Morgan fingerprint density at radius 1 is 0.323 bits per heavy atom. The lowest BCUT2D eigenvalue weighted by atomic mass is 9.82. The molecular formula is C99H110F12N4O12. The van der Waals surface area contributed by atoms with Crippen LogP contribution < -0.4 is 37.9 Å². The van der Waals surface area contributed by atoms with Crippen molar-refractivity contribution in [3.05, 3.63) is 235 Å². The van der Waals surface area contributed by atoms with Gasteiger partial charge in [0.1, 0.15) is 34.3 Å². The van der Waals surface area contributed by atoms with E-state index in [0.717, 1.165) is 47.5 Å². The molecule has 682 valence electrons. The summed E-state index contributed by atoms with van der Waals surface area (Å²) in [7, 11) is 12.3. The summed E-state index contributed by atoms with van der Waals surface area (Å²) in [6, 6.07) is 37.1. The fraction of sp³-hybridized carbons (Fsp3) is 0.475. The van der Waals surface area contributed by atoms with Crippen molar-refractivity contribution in [1.29, 1.82) is 0 Å². The summed E-state index contributed by atoms with van der Waals surface area (Å²) in [6.07, 6.45) is -4.65. The van der Waals surface area contributed by atoms with Crippen molar-refractivity contribution in [2.75, 3.05) is 109 Å². The number of methoxy groups -OCH3 is 8.